The van der Waals surface area contributed by atoms with Gasteiger partial charge < -0.3 is 9.57 Å². The number of benzene rings is 1. The smallest absolute Gasteiger partial charge is 0.365 e. The molecule has 8 heteroatoms. The highest BCUT2D eigenvalue weighted by Gasteiger charge is 2.40. The summed E-state index contributed by atoms with van der Waals surface area (Å²) in [6.07, 6.45) is 1.56. The van der Waals surface area contributed by atoms with Crippen molar-refractivity contribution in [1.82, 2.24) is 5.06 Å². The third kappa shape index (κ3) is 4.34. The van der Waals surface area contributed by atoms with E-state index in [0.29, 0.717) is 22.7 Å². The lowest BCUT2D eigenvalue weighted by atomic mass is 10.2. The summed E-state index contributed by atoms with van der Waals surface area (Å²) in [4.78, 5) is 53.6. The van der Waals surface area contributed by atoms with Gasteiger partial charge in [-0.3, -0.25) is 9.69 Å². The molecular formula is C17H20N2O6. The summed E-state index contributed by atoms with van der Waals surface area (Å²) >= 11 is 0. The molecular weight excluding hydrogens is 328 g/mol. The fourth-order valence-corrected chi connectivity index (χ4v) is 2.24. The van der Waals surface area contributed by atoms with Crippen molar-refractivity contribution in [1.29, 1.82) is 0 Å². The molecule has 0 radical (unpaired) electrons. The van der Waals surface area contributed by atoms with E-state index in [1.165, 1.54) is 29.2 Å². The fraction of sp³-hybridized carbons (Fsp3) is 0.412. The number of imide groups is 1. The maximum Gasteiger partial charge on any atom is 0.365 e. The number of hydrogen-bond acceptors (Lipinski definition) is 6. The standard InChI is InChI=1S/C17H20N2O6/c1-3-5-6-15(21)25-19-14(20)11-18(17(19)23)13-9-7-12(8-10-13)16(22)24-4-2/h7-10H,3-6,11H2,1-2H3. The molecule has 0 N–H and O–H groups in total. The molecule has 25 heavy (non-hydrogen) atoms. The average molecular weight is 348 g/mol. The molecule has 134 valence electrons. The van der Waals surface area contributed by atoms with Crippen molar-refractivity contribution < 1.29 is 28.8 Å². The molecule has 1 fully saturated rings. The van der Waals surface area contributed by atoms with Crippen molar-refractivity contribution in [3.63, 3.8) is 0 Å². The van der Waals surface area contributed by atoms with Crippen LogP contribution in [0.2, 0.25) is 0 Å². The molecule has 2 rings (SSSR count). The van der Waals surface area contributed by atoms with Crippen LogP contribution in [0.5, 0.6) is 0 Å². The fourth-order valence-electron chi connectivity index (χ4n) is 2.24. The zero-order chi connectivity index (χ0) is 18.4. The number of nitrogens with zero attached hydrogens (tertiary/aromatic N) is 2. The molecule has 1 heterocycles. The molecule has 1 aromatic rings. The Morgan fingerprint density at radius 3 is 2.40 bits per heavy atom. The number of esters is 1. The first kappa shape index (κ1) is 18.4. The van der Waals surface area contributed by atoms with E-state index in [0.717, 1.165) is 6.42 Å². The largest absolute Gasteiger partial charge is 0.462 e. The predicted molar refractivity (Wildman–Crippen MR) is 87.6 cm³/mol. The maximum atomic E-state index is 12.3. The van der Waals surface area contributed by atoms with Gasteiger partial charge in [-0.2, -0.15) is 0 Å². The molecule has 0 atom stereocenters. The normalized spacial score (nSPS) is 14.0. The van der Waals surface area contributed by atoms with Crippen LogP contribution in [0.15, 0.2) is 24.3 Å². The van der Waals surface area contributed by atoms with Gasteiger partial charge in [0.15, 0.2) is 0 Å². The van der Waals surface area contributed by atoms with E-state index in [9.17, 15) is 19.2 Å². The summed E-state index contributed by atoms with van der Waals surface area (Å²) in [6, 6.07) is 5.32. The van der Waals surface area contributed by atoms with E-state index in [1.807, 2.05) is 6.92 Å². The van der Waals surface area contributed by atoms with Crippen molar-refractivity contribution >= 4 is 29.6 Å². The number of carbonyl (C=O) groups is 4. The van der Waals surface area contributed by atoms with Crippen molar-refractivity contribution in [2.75, 3.05) is 18.1 Å². The second-order valence-corrected chi connectivity index (χ2v) is 5.39. The molecule has 8 nitrogen and oxygen atoms in total. The molecule has 0 aromatic heterocycles. The minimum absolute atomic E-state index is 0.141. The summed E-state index contributed by atoms with van der Waals surface area (Å²) < 4.78 is 4.89. The number of amides is 3. The minimum atomic E-state index is -0.737. The molecule has 0 bridgehead atoms. The Morgan fingerprint density at radius 2 is 1.80 bits per heavy atom. The molecule has 1 aromatic carbocycles. The van der Waals surface area contributed by atoms with Crippen molar-refractivity contribution in [3.8, 4) is 0 Å². The third-order valence-corrected chi connectivity index (χ3v) is 3.54. The highest BCUT2D eigenvalue weighted by Crippen LogP contribution is 2.22. The Morgan fingerprint density at radius 1 is 1.12 bits per heavy atom. The lowest BCUT2D eigenvalue weighted by molar-refractivity contribution is -0.182. The number of unbranched alkanes of at least 4 members (excludes halogenated alkanes) is 1. The lowest BCUT2D eigenvalue weighted by Crippen LogP contribution is -2.35. The van der Waals surface area contributed by atoms with Crippen molar-refractivity contribution in [2.45, 2.75) is 33.1 Å². The molecule has 0 aliphatic carbocycles. The van der Waals surface area contributed by atoms with E-state index in [2.05, 4.69) is 0 Å². The summed E-state index contributed by atoms with van der Waals surface area (Å²) in [5, 5.41) is 0.483. The topological polar surface area (TPSA) is 93.2 Å². The third-order valence-electron chi connectivity index (χ3n) is 3.54. The molecule has 1 saturated heterocycles. The Labute approximate surface area is 145 Å². The SMILES string of the molecule is CCCCC(=O)ON1C(=O)CN(c2ccc(C(=O)OCC)cc2)C1=O. The number of ether oxygens (including phenoxy) is 1. The van der Waals surface area contributed by atoms with Gasteiger partial charge in [0, 0.05) is 12.1 Å². The average Bonchev–Trinajstić information content (AvgIpc) is 2.88. The van der Waals surface area contributed by atoms with Crippen LogP contribution in [-0.2, 0) is 19.2 Å². The maximum absolute atomic E-state index is 12.3. The van der Waals surface area contributed by atoms with Gasteiger partial charge in [-0.1, -0.05) is 18.4 Å². The quantitative estimate of drug-likeness (QED) is 0.554. The molecule has 0 unspecified atom stereocenters. The van der Waals surface area contributed by atoms with E-state index in [1.54, 1.807) is 6.92 Å². The van der Waals surface area contributed by atoms with Gasteiger partial charge in [-0.15, -0.1) is 0 Å². The number of hydrogen-bond donors (Lipinski definition) is 0. The Hall–Kier alpha value is -2.90. The number of urea groups is 1. The second kappa shape index (κ2) is 8.27. The van der Waals surface area contributed by atoms with E-state index >= 15 is 0 Å². The zero-order valence-corrected chi connectivity index (χ0v) is 14.2. The highest BCUT2D eigenvalue weighted by molar-refractivity contribution is 6.11. The first-order valence-corrected chi connectivity index (χ1v) is 8.10. The Balaban J connectivity index is 2.06. The van der Waals surface area contributed by atoms with Crippen molar-refractivity contribution in [2.24, 2.45) is 0 Å². The summed E-state index contributed by atoms with van der Waals surface area (Å²) in [6.45, 7) is 3.65. The van der Waals surface area contributed by atoms with Gasteiger partial charge in [-0.25, -0.2) is 14.4 Å². The molecule has 1 aliphatic rings. The van der Waals surface area contributed by atoms with E-state index < -0.39 is 23.9 Å². The van der Waals surface area contributed by atoms with E-state index in [4.69, 9.17) is 9.57 Å². The highest BCUT2D eigenvalue weighted by atomic mass is 16.7. The van der Waals surface area contributed by atoms with E-state index in [-0.39, 0.29) is 19.6 Å². The summed E-state index contributed by atoms with van der Waals surface area (Å²) in [7, 11) is 0. The molecule has 0 spiro atoms. The molecule has 1 aliphatic heterocycles. The first-order chi connectivity index (χ1) is 12.0. The Kier molecular flexibility index (Phi) is 6.10. The van der Waals surface area contributed by atoms with Gasteiger partial charge >= 0.3 is 18.0 Å². The first-order valence-electron chi connectivity index (χ1n) is 8.10. The Bertz CT molecular complexity index is 670. The van der Waals surface area contributed by atoms with Crippen LogP contribution in [0.3, 0.4) is 0 Å². The lowest BCUT2D eigenvalue weighted by Gasteiger charge is -2.16. The van der Waals surface area contributed by atoms with Gasteiger partial charge in [-0.05, 0) is 37.6 Å². The van der Waals surface area contributed by atoms with Crippen LogP contribution in [0.1, 0.15) is 43.5 Å². The molecule has 3 amide bonds. The van der Waals surface area contributed by atoms with Crippen LogP contribution < -0.4 is 4.90 Å². The van der Waals surface area contributed by atoms with Crippen molar-refractivity contribution in [3.05, 3.63) is 29.8 Å². The second-order valence-electron chi connectivity index (χ2n) is 5.39. The van der Waals surface area contributed by atoms with Gasteiger partial charge in [0.1, 0.15) is 6.54 Å². The van der Waals surface area contributed by atoms with Crippen LogP contribution in [0, 0.1) is 0 Å². The van der Waals surface area contributed by atoms with Crippen LogP contribution in [0.4, 0.5) is 10.5 Å². The van der Waals surface area contributed by atoms with Gasteiger partial charge in [0.05, 0.1) is 12.2 Å². The predicted octanol–water partition coefficient (Wildman–Crippen LogP) is 2.28. The number of anilines is 1. The summed E-state index contributed by atoms with van der Waals surface area (Å²) in [5.41, 5.74) is 0.755. The van der Waals surface area contributed by atoms with Gasteiger partial charge in [0.25, 0.3) is 5.91 Å². The number of carbonyl (C=O) groups excluding carboxylic acids is 4. The van der Waals surface area contributed by atoms with Crippen LogP contribution >= 0.6 is 0 Å². The minimum Gasteiger partial charge on any atom is -0.462 e. The van der Waals surface area contributed by atoms with Crippen LogP contribution in [-0.4, -0.2) is 42.1 Å². The van der Waals surface area contributed by atoms with Gasteiger partial charge in [0.2, 0.25) is 0 Å². The number of rotatable bonds is 7. The number of hydroxylamine groups is 2. The zero-order valence-electron chi connectivity index (χ0n) is 14.2. The summed E-state index contributed by atoms with van der Waals surface area (Å²) in [5.74, 6) is -1.71. The van der Waals surface area contributed by atoms with Crippen LogP contribution in [0.25, 0.3) is 0 Å². The monoisotopic (exact) mass is 348 g/mol. The molecule has 0 saturated carbocycles.